The predicted molar refractivity (Wildman–Crippen MR) is 75.0 cm³/mol. The first-order valence-corrected chi connectivity index (χ1v) is 6.81. The van der Waals surface area contributed by atoms with Crippen LogP contribution in [0.3, 0.4) is 0 Å². The fraction of sp³-hybridized carbons (Fsp3) is 0.417. The summed E-state index contributed by atoms with van der Waals surface area (Å²) in [4.78, 5) is 23.0. The average molecular weight is 346 g/mol. The molecule has 108 valence electrons. The maximum atomic E-state index is 13.9. The zero-order valence-electron chi connectivity index (χ0n) is 10.7. The number of hydrogen-bond acceptors (Lipinski definition) is 4. The van der Waals surface area contributed by atoms with Crippen molar-refractivity contribution in [3.8, 4) is 0 Å². The number of nitro groups is 1. The van der Waals surface area contributed by atoms with E-state index in [4.69, 9.17) is 0 Å². The first-order valence-electron chi connectivity index (χ1n) is 6.02. The molecule has 2 rings (SSSR count). The van der Waals surface area contributed by atoms with Crippen LogP contribution in [0, 0.1) is 15.9 Å². The highest BCUT2D eigenvalue weighted by Crippen LogP contribution is 2.31. The molecule has 0 radical (unpaired) electrons. The summed E-state index contributed by atoms with van der Waals surface area (Å²) >= 11 is 3.13. The Balaban J connectivity index is 2.18. The fourth-order valence-corrected chi connectivity index (χ4v) is 2.68. The number of non-ortho nitro benzene ring substituents is 1. The van der Waals surface area contributed by atoms with Crippen LogP contribution in [0.15, 0.2) is 16.6 Å². The Bertz CT molecular complexity index is 544. The van der Waals surface area contributed by atoms with Crippen molar-refractivity contribution < 1.29 is 14.1 Å². The van der Waals surface area contributed by atoms with Gasteiger partial charge >= 0.3 is 0 Å². The van der Waals surface area contributed by atoms with E-state index in [1.54, 1.807) is 11.9 Å². The van der Waals surface area contributed by atoms with Gasteiger partial charge in [-0.2, -0.15) is 0 Å². The molecule has 1 amide bonds. The monoisotopic (exact) mass is 345 g/mol. The van der Waals surface area contributed by atoms with E-state index in [1.807, 2.05) is 0 Å². The number of hydrogen-bond donors (Lipinski definition) is 1. The molecule has 1 aromatic carbocycles. The minimum Gasteiger partial charge on any atom is -0.377 e. The number of benzene rings is 1. The van der Waals surface area contributed by atoms with Crippen LogP contribution in [0.2, 0.25) is 0 Å². The standard InChI is InChI=1S/C12H13BrFN3O3/c1-16-6-7(2-3-11(16)18)15-12-9(13)4-8(17(19)20)5-10(12)14/h4-5,7,15H,2-3,6H2,1H3/t7-/m0/s1. The number of amides is 1. The molecule has 0 spiro atoms. The van der Waals surface area contributed by atoms with Crippen LogP contribution in [0.5, 0.6) is 0 Å². The lowest BCUT2D eigenvalue weighted by molar-refractivity contribution is -0.385. The van der Waals surface area contributed by atoms with Gasteiger partial charge in [0.15, 0.2) is 5.82 Å². The molecular weight excluding hydrogens is 333 g/mol. The van der Waals surface area contributed by atoms with Crippen molar-refractivity contribution in [2.75, 3.05) is 18.9 Å². The smallest absolute Gasteiger partial charge is 0.273 e. The van der Waals surface area contributed by atoms with E-state index in [2.05, 4.69) is 21.2 Å². The lowest BCUT2D eigenvalue weighted by atomic mass is 10.1. The van der Waals surface area contributed by atoms with E-state index < -0.39 is 10.7 Å². The quantitative estimate of drug-likeness (QED) is 0.674. The number of likely N-dealkylation sites (tertiary alicyclic amines) is 1. The van der Waals surface area contributed by atoms with Gasteiger partial charge in [0.05, 0.1) is 21.1 Å². The molecule has 1 atom stereocenters. The highest BCUT2D eigenvalue weighted by atomic mass is 79.9. The number of carbonyl (C=O) groups is 1. The Kier molecular flexibility index (Phi) is 4.22. The molecule has 1 fully saturated rings. The molecule has 1 heterocycles. The van der Waals surface area contributed by atoms with Crippen LogP contribution >= 0.6 is 15.9 Å². The van der Waals surface area contributed by atoms with Crippen molar-refractivity contribution in [2.45, 2.75) is 18.9 Å². The number of nitrogens with one attached hydrogen (secondary N) is 1. The summed E-state index contributed by atoms with van der Waals surface area (Å²) in [7, 11) is 1.69. The van der Waals surface area contributed by atoms with Crippen molar-refractivity contribution in [3.05, 3.63) is 32.5 Å². The number of rotatable bonds is 3. The predicted octanol–water partition coefficient (Wildman–Crippen LogP) is 2.53. The normalized spacial score (nSPS) is 19.1. The summed E-state index contributed by atoms with van der Waals surface area (Å²) in [5, 5.41) is 13.6. The van der Waals surface area contributed by atoms with E-state index in [-0.39, 0.29) is 23.3 Å². The molecule has 0 bridgehead atoms. The fourth-order valence-electron chi connectivity index (χ4n) is 2.14. The number of halogens is 2. The van der Waals surface area contributed by atoms with Crippen LogP contribution in [-0.4, -0.2) is 35.4 Å². The van der Waals surface area contributed by atoms with Crippen LogP contribution < -0.4 is 5.32 Å². The molecule has 1 aliphatic heterocycles. The van der Waals surface area contributed by atoms with Gasteiger partial charge in [0, 0.05) is 32.1 Å². The number of nitro benzene ring substituents is 1. The van der Waals surface area contributed by atoms with Crippen molar-refractivity contribution in [1.82, 2.24) is 4.90 Å². The Morgan fingerprint density at radius 2 is 2.25 bits per heavy atom. The number of carbonyl (C=O) groups excluding carboxylic acids is 1. The van der Waals surface area contributed by atoms with Gasteiger partial charge in [-0.15, -0.1) is 0 Å². The van der Waals surface area contributed by atoms with Crippen LogP contribution in [-0.2, 0) is 4.79 Å². The molecule has 1 aromatic rings. The molecule has 1 saturated heterocycles. The molecule has 0 aliphatic carbocycles. The summed E-state index contributed by atoms with van der Waals surface area (Å²) in [6.45, 7) is 0.474. The molecule has 20 heavy (non-hydrogen) atoms. The third kappa shape index (κ3) is 3.06. The number of piperidine rings is 1. The molecule has 1 N–H and O–H groups in total. The lowest BCUT2D eigenvalue weighted by Gasteiger charge is -2.31. The van der Waals surface area contributed by atoms with E-state index in [1.165, 1.54) is 6.07 Å². The van der Waals surface area contributed by atoms with E-state index in [0.717, 1.165) is 6.07 Å². The molecule has 0 saturated carbocycles. The highest BCUT2D eigenvalue weighted by Gasteiger charge is 2.25. The summed E-state index contributed by atoms with van der Waals surface area (Å²) in [6.07, 6.45) is 1.01. The van der Waals surface area contributed by atoms with Crippen molar-refractivity contribution >= 4 is 33.2 Å². The summed E-state index contributed by atoms with van der Waals surface area (Å²) in [5.41, 5.74) is -0.126. The van der Waals surface area contributed by atoms with Crippen LogP contribution in [0.25, 0.3) is 0 Å². The Morgan fingerprint density at radius 3 is 2.80 bits per heavy atom. The summed E-state index contributed by atoms with van der Waals surface area (Å²) in [5.74, 6) is -0.628. The molecule has 1 aliphatic rings. The van der Waals surface area contributed by atoms with Gasteiger partial charge in [0.25, 0.3) is 5.69 Å². The Hall–Kier alpha value is -1.70. The van der Waals surface area contributed by atoms with E-state index in [9.17, 15) is 19.3 Å². The number of likely N-dealkylation sites (N-methyl/N-ethyl adjacent to an activating group) is 1. The SMILES string of the molecule is CN1C[C@@H](Nc2c(F)cc([N+](=O)[O-])cc2Br)CCC1=O. The topological polar surface area (TPSA) is 75.5 Å². The third-order valence-corrected chi connectivity index (χ3v) is 3.84. The highest BCUT2D eigenvalue weighted by molar-refractivity contribution is 9.10. The molecule has 0 unspecified atom stereocenters. The van der Waals surface area contributed by atoms with Gasteiger partial charge < -0.3 is 10.2 Å². The van der Waals surface area contributed by atoms with Crippen molar-refractivity contribution in [3.63, 3.8) is 0 Å². The summed E-state index contributed by atoms with van der Waals surface area (Å²) < 4.78 is 14.2. The van der Waals surface area contributed by atoms with Gasteiger partial charge in [-0.25, -0.2) is 4.39 Å². The second-order valence-electron chi connectivity index (χ2n) is 4.70. The molecule has 8 heteroatoms. The first-order chi connectivity index (χ1) is 9.38. The number of nitrogens with zero attached hydrogens (tertiary/aromatic N) is 2. The average Bonchev–Trinajstić information content (AvgIpc) is 2.37. The Morgan fingerprint density at radius 1 is 1.55 bits per heavy atom. The van der Waals surface area contributed by atoms with Gasteiger partial charge in [0.2, 0.25) is 5.91 Å². The maximum Gasteiger partial charge on any atom is 0.273 e. The van der Waals surface area contributed by atoms with Gasteiger partial charge in [0.1, 0.15) is 0 Å². The van der Waals surface area contributed by atoms with E-state index in [0.29, 0.717) is 23.9 Å². The van der Waals surface area contributed by atoms with Crippen LogP contribution in [0.4, 0.5) is 15.8 Å². The molecule has 6 nitrogen and oxygen atoms in total. The number of anilines is 1. The molecule has 0 aromatic heterocycles. The second-order valence-corrected chi connectivity index (χ2v) is 5.55. The van der Waals surface area contributed by atoms with Gasteiger partial charge in [-0.3, -0.25) is 14.9 Å². The third-order valence-electron chi connectivity index (χ3n) is 3.21. The minimum atomic E-state index is -0.689. The Labute approximate surface area is 123 Å². The van der Waals surface area contributed by atoms with Gasteiger partial charge in [-0.1, -0.05) is 0 Å². The van der Waals surface area contributed by atoms with E-state index >= 15 is 0 Å². The van der Waals surface area contributed by atoms with Crippen molar-refractivity contribution in [1.29, 1.82) is 0 Å². The zero-order chi connectivity index (χ0) is 14.9. The van der Waals surface area contributed by atoms with Crippen LogP contribution in [0.1, 0.15) is 12.8 Å². The maximum absolute atomic E-state index is 13.9. The lowest BCUT2D eigenvalue weighted by Crippen LogP contribution is -2.43. The first kappa shape index (κ1) is 14.7. The zero-order valence-corrected chi connectivity index (χ0v) is 12.3. The van der Waals surface area contributed by atoms with Crippen molar-refractivity contribution in [2.24, 2.45) is 0 Å². The second kappa shape index (κ2) is 5.74. The molecular formula is C12H13BrFN3O3. The summed E-state index contributed by atoms with van der Waals surface area (Å²) in [6, 6.07) is 2.05. The minimum absolute atomic E-state index is 0.0614. The largest absolute Gasteiger partial charge is 0.377 e. The van der Waals surface area contributed by atoms with Gasteiger partial charge in [-0.05, 0) is 22.4 Å².